The van der Waals surface area contributed by atoms with Gasteiger partial charge >= 0.3 is 5.69 Å². The van der Waals surface area contributed by atoms with Gasteiger partial charge in [0, 0.05) is 6.20 Å². The smallest absolute Gasteiger partial charge is 0.258 e. The highest BCUT2D eigenvalue weighted by atomic mass is 79.9. The van der Waals surface area contributed by atoms with E-state index in [2.05, 4.69) is 36.8 Å². The van der Waals surface area contributed by atoms with Crippen LogP contribution >= 0.6 is 31.9 Å². The third kappa shape index (κ3) is 1.81. The number of nitrogens with zero attached hydrogens (tertiary/aromatic N) is 2. The Balaban J connectivity index is 3.29. The van der Waals surface area contributed by atoms with Crippen molar-refractivity contribution in [2.24, 2.45) is 0 Å². The van der Waals surface area contributed by atoms with Crippen LogP contribution in [-0.2, 0) is 5.33 Å². The Morgan fingerprint density at radius 3 is 2.75 bits per heavy atom. The van der Waals surface area contributed by atoms with E-state index in [0.29, 0.717) is 15.5 Å². The number of hydrogen-bond donors (Lipinski definition) is 0. The number of alkyl halides is 1. The summed E-state index contributed by atoms with van der Waals surface area (Å²) >= 11 is 6.21. The molecular weight excluding hydrogens is 292 g/mol. The predicted octanol–water partition coefficient (Wildman–Crippen LogP) is 2.65. The Kier molecular flexibility index (Phi) is 3.16. The lowest BCUT2D eigenvalue weighted by Crippen LogP contribution is -1.96. The zero-order valence-electron chi connectivity index (χ0n) is 5.83. The van der Waals surface area contributed by atoms with Gasteiger partial charge in [-0.15, -0.1) is 0 Å². The molecule has 0 aliphatic rings. The molecule has 0 aliphatic carbocycles. The number of rotatable bonds is 2. The van der Waals surface area contributed by atoms with E-state index >= 15 is 0 Å². The molecule has 1 aromatic heterocycles. The first-order valence-electron chi connectivity index (χ1n) is 3.00. The first-order chi connectivity index (χ1) is 5.66. The van der Waals surface area contributed by atoms with Crippen molar-refractivity contribution < 1.29 is 4.92 Å². The van der Waals surface area contributed by atoms with Crippen molar-refractivity contribution >= 4 is 37.5 Å². The molecule has 0 unspecified atom stereocenters. The molecule has 0 aromatic carbocycles. The maximum Gasteiger partial charge on any atom is 0.305 e. The molecule has 0 amide bonds. The summed E-state index contributed by atoms with van der Waals surface area (Å²) < 4.78 is 0.456. The Bertz CT molecular complexity index is 316. The Morgan fingerprint density at radius 1 is 1.67 bits per heavy atom. The fourth-order valence-corrected chi connectivity index (χ4v) is 1.66. The maximum atomic E-state index is 10.5. The van der Waals surface area contributed by atoms with E-state index in [9.17, 15) is 10.1 Å². The van der Waals surface area contributed by atoms with E-state index in [-0.39, 0.29) is 5.69 Å². The fourth-order valence-electron chi connectivity index (χ4n) is 0.761. The van der Waals surface area contributed by atoms with Crippen LogP contribution in [0.15, 0.2) is 16.7 Å². The molecule has 0 fully saturated rings. The van der Waals surface area contributed by atoms with Gasteiger partial charge in [0.2, 0.25) is 0 Å². The van der Waals surface area contributed by atoms with E-state index < -0.39 is 4.92 Å². The highest BCUT2D eigenvalue weighted by molar-refractivity contribution is 9.10. The van der Waals surface area contributed by atoms with Crippen molar-refractivity contribution in [3.63, 3.8) is 0 Å². The van der Waals surface area contributed by atoms with E-state index in [4.69, 9.17) is 0 Å². The van der Waals surface area contributed by atoms with E-state index in [0.717, 1.165) is 0 Å². The average molecular weight is 296 g/mol. The van der Waals surface area contributed by atoms with Gasteiger partial charge in [0.15, 0.2) is 0 Å². The predicted molar refractivity (Wildman–Crippen MR) is 51.2 cm³/mol. The summed E-state index contributed by atoms with van der Waals surface area (Å²) in [6, 6.07) is 1.55. The molecule has 0 spiro atoms. The maximum absolute atomic E-state index is 10.5. The fraction of sp³-hybridized carbons (Fsp3) is 0.167. The third-order valence-corrected chi connectivity index (χ3v) is 2.43. The minimum atomic E-state index is -0.451. The summed E-state index contributed by atoms with van der Waals surface area (Å²) in [4.78, 5) is 13.9. The van der Waals surface area contributed by atoms with E-state index in [1.807, 2.05) is 0 Å². The van der Waals surface area contributed by atoms with Crippen LogP contribution < -0.4 is 0 Å². The van der Waals surface area contributed by atoms with Crippen molar-refractivity contribution in [1.82, 2.24) is 4.98 Å². The summed E-state index contributed by atoms with van der Waals surface area (Å²) in [5.41, 5.74) is 0.448. The highest BCUT2D eigenvalue weighted by Crippen LogP contribution is 2.27. The summed E-state index contributed by atoms with van der Waals surface area (Å²) in [7, 11) is 0. The van der Waals surface area contributed by atoms with Crippen LogP contribution in [0.25, 0.3) is 0 Å². The zero-order chi connectivity index (χ0) is 9.14. The van der Waals surface area contributed by atoms with Gasteiger partial charge in [-0.2, -0.15) is 0 Å². The molecule has 0 radical (unpaired) electrons. The summed E-state index contributed by atoms with van der Waals surface area (Å²) in [6.45, 7) is 0. The van der Waals surface area contributed by atoms with Gasteiger partial charge in [0.05, 0.1) is 14.7 Å². The highest BCUT2D eigenvalue weighted by Gasteiger charge is 2.17. The summed E-state index contributed by atoms with van der Waals surface area (Å²) in [5, 5.41) is 10.9. The van der Waals surface area contributed by atoms with Gasteiger partial charge in [-0.1, -0.05) is 15.9 Å². The van der Waals surface area contributed by atoms with Crippen LogP contribution in [0.2, 0.25) is 0 Å². The van der Waals surface area contributed by atoms with Gasteiger partial charge in [0.1, 0.15) is 5.69 Å². The number of aromatic nitrogens is 1. The molecular formula is C6H4Br2N2O2. The second-order valence-electron chi connectivity index (χ2n) is 1.98. The van der Waals surface area contributed by atoms with Gasteiger partial charge in [-0.3, -0.25) is 15.1 Å². The minimum Gasteiger partial charge on any atom is -0.258 e. The van der Waals surface area contributed by atoms with Crippen molar-refractivity contribution in [3.05, 3.63) is 32.5 Å². The summed E-state index contributed by atoms with van der Waals surface area (Å²) in [5.74, 6) is 0. The SMILES string of the molecule is O=[N+]([O-])c1c(Br)ccnc1CBr. The molecule has 64 valence electrons. The van der Waals surface area contributed by atoms with Crippen LogP contribution in [0.1, 0.15) is 5.69 Å². The zero-order valence-corrected chi connectivity index (χ0v) is 9.00. The topological polar surface area (TPSA) is 56.0 Å². The number of hydrogen-bond acceptors (Lipinski definition) is 3. The van der Waals surface area contributed by atoms with Crippen LogP contribution in [0.3, 0.4) is 0 Å². The number of nitro groups is 1. The molecule has 6 heteroatoms. The largest absolute Gasteiger partial charge is 0.305 e. The monoisotopic (exact) mass is 294 g/mol. The van der Waals surface area contributed by atoms with Gasteiger partial charge in [-0.05, 0) is 22.0 Å². The normalized spacial score (nSPS) is 9.83. The van der Waals surface area contributed by atoms with Gasteiger partial charge in [0.25, 0.3) is 0 Å². The average Bonchev–Trinajstić information content (AvgIpc) is 2.03. The van der Waals surface area contributed by atoms with Crippen LogP contribution in [0, 0.1) is 10.1 Å². The Hall–Kier alpha value is -0.490. The Morgan fingerprint density at radius 2 is 2.33 bits per heavy atom. The first kappa shape index (κ1) is 9.60. The lowest BCUT2D eigenvalue weighted by Gasteiger charge is -1.98. The van der Waals surface area contributed by atoms with Crippen LogP contribution in [-0.4, -0.2) is 9.91 Å². The molecule has 12 heavy (non-hydrogen) atoms. The van der Waals surface area contributed by atoms with Crippen molar-refractivity contribution in [2.75, 3.05) is 0 Å². The molecule has 0 saturated heterocycles. The van der Waals surface area contributed by atoms with E-state index in [1.54, 1.807) is 6.07 Å². The molecule has 0 aliphatic heterocycles. The molecule has 0 saturated carbocycles. The molecule has 1 heterocycles. The third-order valence-electron chi connectivity index (χ3n) is 1.26. The second-order valence-corrected chi connectivity index (χ2v) is 3.39. The second kappa shape index (κ2) is 3.95. The van der Waals surface area contributed by atoms with Crippen molar-refractivity contribution in [1.29, 1.82) is 0 Å². The summed E-state index contributed by atoms with van der Waals surface area (Å²) in [6.07, 6.45) is 1.52. The molecule has 0 atom stereocenters. The molecule has 4 nitrogen and oxygen atoms in total. The van der Waals surface area contributed by atoms with Gasteiger partial charge in [-0.25, -0.2) is 0 Å². The minimum absolute atomic E-state index is 0.0226. The van der Waals surface area contributed by atoms with Crippen molar-refractivity contribution in [3.8, 4) is 0 Å². The standard InChI is InChI=1S/C6H4Br2N2O2/c7-3-5-6(10(11)12)4(8)1-2-9-5/h1-2H,3H2. The number of pyridine rings is 1. The molecule has 1 aromatic rings. The molecule has 1 rings (SSSR count). The lowest BCUT2D eigenvalue weighted by atomic mass is 10.3. The van der Waals surface area contributed by atoms with Crippen LogP contribution in [0.5, 0.6) is 0 Å². The first-order valence-corrected chi connectivity index (χ1v) is 4.92. The van der Waals surface area contributed by atoms with Crippen molar-refractivity contribution in [2.45, 2.75) is 5.33 Å². The van der Waals surface area contributed by atoms with Crippen LogP contribution in [0.4, 0.5) is 5.69 Å². The van der Waals surface area contributed by atoms with E-state index in [1.165, 1.54) is 6.20 Å². The Labute approximate surface area is 85.4 Å². The quantitative estimate of drug-likeness (QED) is 0.479. The number of halogens is 2. The van der Waals surface area contributed by atoms with Gasteiger partial charge < -0.3 is 0 Å². The molecule has 0 N–H and O–H groups in total. The molecule has 0 bridgehead atoms. The lowest BCUT2D eigenvalue weighted by molar-refractivity contribution is -0.386.